The Morgan fingerprint density at radius 1 is 1.41 bits per heavy atom. The average Bonchev–Trinajstić information content (AvgIpc) is 3.07. The lowest BCUT2D eigenvalue weighted by molar-refractivity contribution is 0.0578. The number of hydrogen-bond donors (Lipinski definition) is 1. The molecule has 144 valence electrons. The Morgan fingerprint density at radius 2 is 2.15 bits per heavy atom. The standard InChI is InChI=1S/C19H23N3O5/c1-5-6-7-10-22(18(25)27-19(2,3)4)15-11-13(8-9-20-15)16-21-14(12-26-16)17(23)24/h5,8-9,11-12H,1,6-7,10H2,2-4H3,(H,23,24). The van der Waals surface area contributed by atoms with Gasteiger partial charge in [-0.15, -0.1) is 6.58 Å². The minimum Gasteiger partial charge on any atom is -0.476 e. The van der Waals surface area contributed by atoms with Gasteiger partial charge in [0.25, 0.3) is 0 Å². The van der Waals surface area contributed by atoms with E-state index in [4.69, 9.17) is 14.3 Å². The van der Waals surface area contributed by atoms with E-state index < -0.39 is 17.7 Å². The molecule has 8 heteroatoms. The molecule has 8 nitrogen and oxygen atoms in total. The third-order valence-electron chi connectivity index (χ3n) is 3.40. The molecule has 0 unspecified atom stereocenters. The normalized spacial score (nSPS) is 11.1. The van der Waals surface area contributed by atoms with E-state index in [0.717, 1.165) is 12.7 Å². The largest absolute Gasteiger partial charge is 0.476 e. The van der Waals surface area contributed by atoms with Gasteiger partial charge in [-0.3, -0.25) is 4.90 Å². The van der Waals surface area contributed by atoms with Gasteiger partial charge in [0.1, 0.15) is 17.7 Å². The number of hydrogen-bond acceptors (Lipinski definition) is 6. The Labute approximate surface area is 157 Å². The van der Waals surface area contributed by atoms with Crippen molar-refractivity contribution in [2.75, 3.05) is 11.4 Å². The molecule has 2 aromatic rings. The Morgan fingerprint density at radius 3 is 2.74 bits per heavy atom. The number of aromatic carboxylic acids is 1. The van der Waals surface area contributed by atoms with E-state index in [9.17, 15) is 9.59 Å². The van der Waals surface area contributed by atoms with E-state index in [-0.39, 0.29) is 11.6 Å². The number of carbonyl (C=O) groups is 2. The first-order chi connectivity index (χ1) is 12.7. The molecule has 2 rings (SSSR count). The topological polar surface area (TPSA) is 106 Å². The van der Waals surface area contributed by atoms with Crippen LogP contribution >= 0.6 is 0 Å². The summed E-state index contributed by atoms with van der Waals surface area (Å²) in [5.74, 6) is -0.689. The van der Waals surface area contributed by atoms with Crippen LogP contribution in [0.5, 0.6) is 0 Å². The SMILES string of the molecule is C=CCCCN(C(=O)OC(C)(C)C)c1cc(-c2nc(C(=O)O)co2)ccn1. The molecule has 0 radical (unpaired) electrons. The van der Waals surface area contributed by atoms with Crippen molar-refractivity contribution in [3.63, 3.8) is 0 Å². The van der Waals surface area contributed by atoms with Gasteiger partial charge in [-0.25, -0.2) is 19.6 Å². The molecule has 0 aliphatic heterocycles. The molecule has 2 aromatic heterocycles. The smallest absolute Gasteiger partial charge is 0.416 e. The zero-order valence-electron chi connectivity index (χ0n) is 15.6. The second kappa shape index (κ2) is 8.48. The number of oxazole rings is 1. The van der Waals surface area contributed by atoms with Gasteiger partial charge < -0.3 is 14.3 Å². The summed E-state index contributed by atoms with van der Waals surface area (Å²) in [4.78, 5) is 33.2. The molecular weight excluding hydrogens is 350 g/mol. The number of unbranched alkanes of at least 4 members (excludes halogenated alkanes) is 1. The monoisotopic (exact) mass is 373 g/mol. The molecule has 1 N–H and O–H groups in total. The maximum atomic E-state index is 12.6. The Balaban J connectivity index is 2.32. The molecule has 2 heterocycles. The quantitative estimate of drug-likeness (QED) is 0.574. The summed E-state index contributed by atoms with van der Waals surface area (Å²) in [6.07, 6.45) is 5.25. The molecule has 0 aliphatic rings. The van der Waals surface area contributed by atoms with Crippen LogP contribution in [0.2, 0.25) is 0 Å². The number of carboxylic acid groups (broad SMARTS) is 1. The van der Waals surface area contributed by atoms with Gasteiger partial charge >= 0.3 is 12.1 Å². The number of anilines is 1. The number of ether oxygens (including phenoxy) is 1. The van der Waals surface area contributed by atoms with Crippen LogP contribution in [0.3, 0.4) is 0 Å². The van der Waals surface area contributed by atoms with E-state index in [2.05, 4.69) is 16.5 Å². The number of carboxylic acids is 1. The van der Waals surface area contributed by atoms with Gasteiger partial charge in [-0.1, -0.05) is 6.08 Å². The minimum absolute atomic E-state index is 0.131. The first-order valence-electron chi connectivity index (χ1n) is 8.48. The van der Waals surface area contributed by atoms with Crippen molar-refractivity contribution in [1.29, 1.82) is 0 Å². The van der Waals surface area contributed by atoms with Gasteiger partial charge in [0.05, 0.1) is 0 Å². The van der Waals surface area contributed by atoms with Crippen LogP contribution < -0.4 is 4.90 Å². The van der Waals surface area contributed by atoms with Crippen molar-refractivity contribution in [3.05, 3.63) is 42.9 Å². The summed E-state index contributed by atoms with van der Waals surface area (Å²) in [6, 6.07) is 3.23. The van der Waals surface area contributed by atoms with Crippen LogP contribution in [0.25, 0.3) is 11.5 Å². The lowest BCUT2D eigenvalue weighted by Crippen LogP contribution is -2.38. The molecule has 0 saturated heterocycles. The summed E-state index contributed by atoms with van der Waals surface area (Å²) in [7, 11) is 0. The molecule has 0 aliphatic carbocycles. The zero-order valence-corrected chi connectivity index (χ0v) is 15.6. The molecule has 1 amide bonds. The predicted molar refractivity (Wildman–Crippen MR) is 99.7 cm³/mol. The van der Waals surface area contributed by atoms with E-state index in [0.29, 0.717) is 24.3 Å². The van der Waals surface area contributed by atoms with E-state index in [1.54, 1.807) is 39.0 Å². The Bertz CT molecular complexity index is 823. The van der Waals surface area contributed by atoms with Crippen LogP contribution in [0.1, 0.15) is 44.1 Å². The third-order valence-corrected chi connectivity index (χ3v) is 3.40. The first-order valence-corrected chi connectivity index (χ1v) is 8.48. The summed E-state index contributed by atoms with van der Waals surface area (Å²) in [6.45, 7) is 9.44. The van der Waals surface area contributed by atoms with Gasteiger partial charge in [-0.05, 0) is 45.7 Å². The third kappa shape index (κ3) is 5.67. The molecule has 0 bridgehead atoms. The highest BCUT2D eigenvalue weighted by Gasteiger charge is 2.24. The molecular formula is C19H23N3O5. The van der Waals surface area contributed by atoms with Crippen LogP contribution in [-0.2, 0) is 4.74 Å². The van der Waals surface area contributed by atoms with Crippen LogP contribution in [0, 0.1) is 0 Å². The summed E-state index contributed by atoms with van der Waals surface area (Å²) in [5, 5.41) is 8.98. The van der Waals surface area contributed by atoms with Crippen molar-refractivity contribution in [2.24, 2.45) is 0 Å². The van der Waals surface area contributed by atoms with Crippen molar-refractivity contribution in [2.45, 2.75) is 39.2 Å². The van der Waals surface area contributed by atoms with Crippen molar-refractivity contribution in [1.82, 2.24) is 9.97 Å². The van der Waals surface area contributed by atoms with Gasteiger partial charge in [0.2, 0.25) is 5.89 Å². The molecule has 0 saturated carbocycles. The van der Waals surface area contributed by atoms with Gasteiger partial charge in [0.15, 0.2) is 5.69 Å². The number of rotatable bonds is 7. The molecule has 0 spiro atoms. The minimum atomic E-state index is -1.18. The highest BCUT2D eigenvalue weighted by molar-refractivity contribution is 5.88. The summed E-state index contributed by atoms with van der Waals surface area (Å²) in [5.41, 5.74) is -0.340. The number of aromatic nitrogens is 2. The van der Waals surface area contributed by atoms with Crippen LogP contribution in [0.15, 0.2) is 41.7 Å². The Kier molecular flexibility index (Phi) is 6.33. The number of allylic oxidation sites excluding steroid dienone is 1. The van der Waals surface area contributed by atoms with Gasteiger partial charge in [-0.2, -0.15) is 0 Å². The van der Waals surface area contributed by atoms with Crippen molar-refractivity contribution >= 4 is 17.9 Å². The fourth-order valence-corrected chi connectivity index (χ4v) is 2.21. The molecule has 0 aromatic carbocycles. The highest BCUT2D eigenvalue weighted by Crippen LogP contribution is 2.24. The maximum Gasteiger partial charge on any atom is 0.416 e. The predicted octanol–water partition coefficient (Wildman–Crippen LogP) is 4.14. The van der Waals surface area contributed by atoms with E-state index in [1.165, 1.54) is 11.1 Å². The highest BCUT2D eigenvalue weighted by atomic mass is 16.6. The molecule has 0 fully saturated rings. The van der Waals surface area contributed by atoms with Crippen molar-refractivity contribution < 1.29 is 23.8 Å². The molecule has 27 heavy (non-hydrogen) atoms. The molecule has 0 atom stereocenters. The van der Waals surface area contributed by atoms with Crippen molar-refractivity contribution in [3.8, 4) is 11.5 Å². The van der Waals surface area contributed by atoms with E-state index in [1.807, 2.05) is 0 Å². The lowest BCUT2D eigenvalue weighted by atomic mass is 10.2. The second-order valence-corrected chi connectivity index (χ2v) is 6.81. The van der Waals surface area contributed by atoms with E-state index >= 15 is 0 Å². The number of amides is 1. The fourth-order valence-electron chi connectivity index (χ4n) is 2.21. The Hall–Kier alpha value is -3.16. The number of nitrogens with zero attached hydrogens (tertiary/aromatic N) is 3. The zero-order chi connectivity index (χ0) is 20.0. The van der Waals surface area contributed by atoms with Gasteiger partial charge in [0, 0.05) is 18.3 Å². The second-order valence-electron chi connectivity index (χ2n) is 6.81. The van der Waals surface area contributed by atoms with Crippen LogP contribution in [-0.4, -0.2) is 39.3 Å². The summed E-state index contributed by atoms with van der Waals surface area (Å²) < 4.78 is 10.7. The fraction of sp³-hybridized carbons (Fsp3) is 0.368. The number of carbonyl (C=O) groups excluding carboxylic acids is 1. The summed E-state index contributed by atoms with van der Waals surface area (Å²) >= 11 is 0. The lowest BCUT2D eigenvalue weighted by Gasteiger charge is -2.26. The number of pyridine rings is 1. The maximum absolute atomic E-state index is 12.6. The first kappa shape index (κ1) is 20.2. The average molecular weight is 373 g/mol. The van der Waals surface area contributed by atoms with Crippen LogP contribution in [0.4, 0.5) is 10.6 Å².